The van der Waals surface area contributed by atoms with E-state index in [-0.39, 0.29) is 24.2 Å². The first-order valence-electron chi connectivity index (χ1n) is 14.1. The van der Waals surface area contributed by atoms with Crippen molar-refractivity contribution in [3.05, 3.63) is 82.9 Å². The van der Waals surface area contributed by atoms with E-state index in [1.807, 2.05) is 45.3 Å². The highest BCUT2D eigenvalue weighted by atomic mass is 19.1. The third kappa shape index (κ3) is 5.72. The van der Waals surface area contributed by atoms with E-state index in [4.69, 9.17) is 19.0 Å². The summed E-state index contributed by atoms with van der Waals surface area (Å²) < 4.78 is 25.2. The molecule has 11 heteroatoms. The van der Waals surface area contributed by atoms with Gasteiger partial charge in [-0.3, -0.25) is 0 Å². The molecule has 1 saturated carbocycles. The largest absolute Gasteiger partial charge is 0.356 e. The summed E-state index contributed by atoms with van der Waals surface area (Å²) in [6.07, 6.45) is 4.52. The summed E-state index contributed by atoms with van der Waals surface area (Å²) in [6, 6.07) is 10.5. The molecular formula is C31H33FN8O2. The predicted molar refractivity (Wildman–Crippen MR) is 156 cm³/mol. The molecule has 0 radical (unpaired) electrons. The van der Waals surface area contributed by atoms with Gasteiger partial charge in [-0.15, -0.1) is 0 Å². The number of rotatable bonds is 10. The van der Waals surface area contributed by atoms with E-state index in [2.05, 4.69) is 44.3 Å². The van der Waals surface area contributed by atoms with Gasteiger partial charge in [0.2, 0.25) is 11.9 Å². The molecule has 6 rings (SSSR count). The van der Waals surface area contributed by atoms with Crippen LogP contribution in [0, 0.1) is 25.6 Å². The van der Waals surface area contributed by atoms with E-state index in [9.17, 15) is 4.39 Å². The highest BCUT2D eigenvalue weighted by Crippen LogP contribution is 2.50. The summed E-state index contributed by atoms with van der Waals surface area (Å²) in [5.74, 6) is 2.83. The van der Waals surface area contributed by atoms with Crippen molar-refractivity contribution in [1.82, 2.24) is 30.2 Å². The molecule has 0 bridgehead atoms. The van der Waals surface area contributed by atoms with E-state index in [1.165, 1.54) is 6.07 Å². The number of halogens is 1. The first-order valence-corrected chi connectivity index (χ1v) is 14.1. The molecule has 5 aromatic rings. The third-order valence-electron chi connectivity index (χ3n) is 7.48. The van der Waals surface area contributed by atoms with Gasteiger partial charge in [0.05, 0.1) is 33.9 Å². The van der Waals surface area contributed by atoms with Gasteiger partial charge >= 0.3 is 0 Å². The fourth-order valence-corrected chi connectivity index (χ4v) is 5.17. The topological polar surface area (TPSA) is 119 Å². The zero-order valence-corrected chi connectivity index (χ0v) is 24.3. The van der Waals surface area contributed by atoms with Gasteiger partial charge in [-0.05, 0) is 38.2 Å². The van der Waals surface area contributed by atoms with Crippen LogP contribution in [0.1, 0.15) is 60.4 Å². The molecule has 1 fully saturated rings. The van der Waals surface area contributed by atoms with Gasteiger partial charge in [-0.2, -0.15) is 0 Å². The lowest BCUT2D eigenvalue weighted by atomic mass is 10.0. The predicted octanol–water partition coefficient (Wildman–Crippen LogP) is 6.31. The first kappa shape index (κ1) is 27.5. The number of hydrogen-bond acceptors (Lipinski definition) is 10. The van der Waals surface area contributed by atoms with Gasteiger partial charge in [0.15, 0.2) is 11.5 Å². The summed E-state index contributed by atoms with van der Waals surface area (Å²) in [6.45, 7) is 9.02. The monoisotopic (exact) mass is 568 g/mol. The van der Waals surface area contributed by atoms with Crippen molar-refractivity contribution in [2.75, 3.05) is 23.8 Å². The number of benzene rings is 1. The quantitative estimate of drug-likeness (QED) is 0.205. The average molecular weight is 569 g/mol. The molecule has 2 unspecified atom stereocenters. The zero-order chi connectivity index (χ0) is 29.4. The standard InChI is InChI=1S/C31H33FN8O2/c1-17(2)28-23(26-10-18(3)38-41-26)15-35-31(37-28)40(5)16-21-12-22(21)29-24(27-11-19(4)39-42-27)14-34-30(36-29)33-13-20-8-6-7-9-25(20)32/h6-11,14-15,17,21-22H,12-13,16H2,1-5H3,(H,33,34,36). The number of hydrogen-bond donors (Lipinski definition) is 1. The Morgan fingerprint density at radius 3 is 2.33 bits per heavy atom. The van der Waals surface area contributed by atoms with Crippen LogP contribution in [-0.2, 0) is 6.54 Å². The minimum Gasteiger partial charge on any atom is -0.356 e. The van der Waals surface area contributed by atoms with Crippen molar-refractivity contribution in [3.8, 4) is 22.6 Å². The summed E-state index contributed by atoms with van der Waals surface area (Å²) in [5.41, 5.74) is 5.62. The van der Waals surface area contributed by atoms with Gasteiger partial charge < -0.3 is 19.3 Å². The van der Waals surface area contributed by atoms with Crippen LogP contribution < -0.4 is 10.2 Å². The minimum atomic E-state index is -0.268. The van der Waals surface area contributed by atoms with Crippen molar-refractivity contribution >= 4 is 11.9 Å². The molecule has 0 spiro atoms. The number of nitrogens with one attached hydrogen (secondary N) is 1. The normalized spacial score (nSPS) is 16.2. The summed E-state index contributed by atoms with van der Waals surface area (Å²) >= 11 is 0. The van der Waals surface area contributed by atoms with Crippen molar-refractivity contribution in [1.29, 1.82) is 0 Å². The smallest absolute Gasteiger partial charge is 0.225 e. The molecule has 4 heterocycles. The Hall–Kier alpha value is -4.67. The Morgan fingerprint density at radius 1 is 0.976 bits per heavy atom. The van der Waals surface area contributed by atoms with Crippen LogP contribution >= 0.6 is 0 Å². The fourth-order valence-electron chi connectivity index (χ4n) is 5.17. The van der Waals surface area contributed by atoms with Gasteiger partial charge in [0.25, 0.3) is 0 Å². The van der Waals surface area contributed by atoms with Crippen LogP contribution in [0.5, 0.6) is 0 Å². The highest BCUT2D eigenvalue weighted by Gasteiger charge is 2.42. The Balaban J connectivity index is 1.22. The molecule has 0 saturated heterocycles. The molecule has 1 aliphatic rings. The minimum absolute atomic E-state index is 0.179. The van der Waals surface area contributed by atoms with Crippen LogP contribution in [0.4, 0.5) is 16.3 Å². The van der Waals surface area contributed by atoms with Crippen LogP contribution in [0.3, 0.4) is 0 Å². The lowest BCUT2D eigenvalue weighted by molar-refractivity contribution is 0.426. The second-order valence-corrected chi connectivity index (χ2v) is 11.2. The van der Waals surface area contributed by atoms with E-state index >= 15 is 0 Å². The maximum Gasteiger partial charge on any atom is 0.225 e. The van der Waals surface area contributed by atoms with Crippen molar-refractivity contribution < 1.29 is 13.4 Å². The van der Waals surface area contributed by atoms with Gasteiger partial charge in [0.1, 0.15) is 5.82 Å². The maximum absolute atomic E-state index is 14.2. The lowest BCUT2D eigenvalue weighted by Gasteiger charge is -2.19. The van der Waals surface area contributed by atoms with Crippen LogP contribution in [-0.4, -0.2) is 43.8 Å². The molecule has 10 nitrogen and oxygen atoms in total. The Labute approximate surface area is 243 Å². The lowest BCUT2D eigenvalue weighted by Crippen LogP contribution is -2.23. The van der Waals surface area contributed by atoms with E-state index in [0.717, 1.165) is 46.9 Å². The van der Waals surface area contributed by atoms with Crippen LogP contribution in [0.25, 0.3) is 22.6 Å². The van der Waals surface area contributed by atoms with Gasteiger partial charge in [-0.25, -0.2) is 24.3 Å². The average Bonchev–Trinajstić information content (AvgIpc) is 3.37. The molecule has 0 amide bonds. The number of nitrogens with zero attached hydrogens (tertiary/aromatic N) is 7. The maximum atomic E-state index is 14.2. The second kappa shape index (κ2) is 11.3. The third-order valence-corrected chi connectivity index (χ3v) is 7.48. The Kier molecular flexibility index (Phi) is 7.40. The Bertz CT molecular complexity index is 1710. The Morgan fingerprint density at radius 2 is 1.67 bits per heavy atom. The van der Waals surface area contributed by atoms with E-state index in [0.29, 0.717) is 34.9 Å². The van der Waals surface area contributed by atoms with Gasteiger partial charge in [0, 0.05) is 56.1 Å². The van der Waals surface area contributed by atoms with E-state index < -0.39 is 0 Å². The fraction of sp³-hybridized carbons (Fsp3) is 0.355. The highest BCUT2D eigenvalue weighted by molar-refractivity contribution is 5.63. The number of aryl methyl sites for hydroxylation is 2. The molecule has 0 aliphatic heterocycles. The molecule has 42 heavy (non-hydrogen) atoms. The van der Waals surface area contributed by atoms with E-state index in [1.54, 1.807) is 18.3 Å². The van der Waals surface area contributed by atoms with Crippen molar-refractivity contribution in [2.45, 2.75) is 52.5 Å². The second-order valence-electron chi connectivity index (χ2n) is 11.2. The molecular weight excluding hydrogens is 535 g/mol. The molecule has 4 aromatic heterocycles. The molecule has 2 atom stereocenters. The molecule has 1 N–H and O–H groups in total. The first-order chi connectivity index (χ1) is 20.3. The summed E-state index contributed by atoms with van der Waals surface area (Å²) in [5, 5.41) is 11.3. The van der Waals surface area contributed by atoms with Gasteiger partial charge in [-0.1, -0.05) is 42.4 Å². The zero-order valence-electron chi connectivity index (χ0n) is 24.3. The van der Waals surface area contributed by atoms with Crippen molar-refractivity contribution in [3.63, 3.8) is 0 Å². The summed E-state index contributed by atoms with van der Waals surface area (Å²) in [7, 11) is 2.01. The summed E-state index contributed by atoms with van der Waals surface area (Å²) in [4.78, 5) is 21.0. The number of aromatic nitrogens is 6. The van der Waals surface area contributed by atoms with Crippen LogP contribution in [0.2, 0.25) is 0 Å². The molecule has 1 aliphatic carbocycles. The molecule has 216 valence electrons. The molecule has 1 aromatic carbocycles. The number of anilines is 2. The van der Waals surface area contributed by atoms with Crippen molar-refractivity contribution in [2.24, 2.45) is 5.92 Å². The SMILES string of the molecule is Cc1cc(-c2cnc(N(C)CC3CC3c3nc(NCc4ccccc4F)ncc3-c3cc(C)no3)nc2C(C)C)on1. The van der Waals surface area contributed by atoms with Crippen LogP contribution in [0.15, 0.2) is 57.8 Å².